The van der Waals surface area contributed by atoms with E-state index in [9.17, 15) is 19.2 Å². The molecule has 34 heavy (non-hydrogen) atoms. The summed E-state index contributed by atoms with van der Waals surface area (Å²) in [5.74, 6) is -0.712. The molecule has 0 bridgehead atoms. The summed E-state index contributed by atoms with van der Waals surface area (Å²) in [7, 11) is 0. The molecule has 0 unspecified atom stereocenters. The zero-order valence-electron chi connectivity index (χ0n) is 20.3. The van der Waals surface area contributed by atoms with Crippen LogP contribution < -0.4 is 5.32 Å². The van der Waals surface area contributed by atoms with E-state index in [1.165, 1.54) is 33.3 Å². The third kappa shape index (κ3) is 8.24. The third-order valence-electron chi connectivity index (χ3n) is 5.39. The summed E-state index contributed by atoms with van der Waals surface area (Å²) in [4.78, 5) is 44.8. The van der Waals surface area contributed by atoms with E-state index < -0.39 is 5.92 Å². The number of benzene rings is 3. The minimum atomic E-state index is -0.532. The van der Waals surface area contributed by atoms with E-state index >= 15 is 0 Å². The molecule has 0 fully saturated rings. The van der Waals surface area contributed by atoms with Crippen LogP contribution in [-0.2, 0) is 16.0 Å². The van der Waals surface area contributed by atoms with Gasteiger partial charge in [-0.3, -0.25) is 19.2 Å². The van der Waals surface area contributed by atoms with Crippen LogP contribution in [0.2, 0.25) is 0 Å². The van der Waals surface area contributed by atoms with Crippen molar-refractivity contribution < 1.29 is 19.2 Å². The number of nitrogens with one attached hydrogen (secondary N) is 1. The number of ketones is 4. The maximum Gasteiger partial charge on any atom is 0.159 e. The highest BCUT2D eigenvalue weighted by molar-refractivity contribution is 6.00. The van der Waals surface area contributed by atoms with Crippen LogP contribution >= 0.6 is 0 Å². The zero-order chi connectivity index (χ0) is 25.3. The molecule has 0 aliphatic rings. The Bertz CT molecular complexity index is 1120. The standard InChI is InChI=1S/C19H21NO2.C10H10O2/c1-13-4-8-17(9-5-13)20-18-10-6-16(7-11-18)12-19(14(2)21)15(3)22;1-7(11)9-4-3-5-10(6-9)8(2)12/h4-11,19-20H,12H2,1-3H3;3-6H,1-2H3. The lowest BCUT2D eigenvalue weighted by Gasteiger charge is -2.11. The first-order valence-corrected chi connectivity index (χ1v) is 11.1. The molecule has 3 rings (SSSR count). The molecule has 5 nitrogen and oxygen atoms in total. The highest BCUT2D eigenvalue weighted by atomic mass is 16.2. The van der Waals surface area contributed by atoms with Crippen molar-refractivity contribution in [1.29, 1.82) is 0 Å². The summed E-state index contributed by atoms with van der Waals surface area (Å²) < 4.78 is 0. The van der Waals surface area contributed by atoms with Crippen LogP contribution in [0.1, 0.15) is 59.5 Å². The van der Waals surface area contributed by atoms with Gasteiger partial charge in [-0.1, -0.05) is 48.0 Å². The molecule has 3 aromatic rings. The largest absolute Gasteiger partial charge is 0.356 e. The summed E-state index contributed by atoms with van der Waals surface area (Å²) >= 11 is 0. The van der Waals surface area contributed by atoms with Crippen molar-refractivity contribution in [3.8, 4) is 0 Å². The van der Waals surface area contributed by atoms with E-state index in [4.69, 9.17) is 0 Å². The quantitative estimate of drug-likeness (QED) is 0.323. The monoisotopic (exact) mass is 457 g/mol. The van der Waals surface area contributed by atoms with Gasteiger partial charge in [0, 0.05) is 22.5 Å². The van der Waals surface area contributed by atoms with Crippen LogP contribution in [0.25, 0.3) is 0 Å². The number of rotatable bonds is 8. The number of anilines is 2. The van der Waals surface area contributed by atoms with Gasteiger partial charge in [-0.15, -0.1) is 0 Å². The van der Waals surface area contributed by atoms with E-state index in [-0.39, 0.29) is 23.1 Å². The normalized spacial score (nSPS) is 10.2. The van der Waals surface area contributed by atoms with Crippen molar-refractivity contribution in [2.75, 3.05) is 5.32 Å². The van der Waals surface area contributed by atoms with Crippen LogP contribution in [0.5, 0.6) is 0 Å². The van der Waals surface area contributed by atoms with Crippen LogP contribution in [-0.4, -0.2) is 23.1 Å². The van der Waals surface area contributed by atoms with E-state index in [1.807, 2.05) is 36.4 Å². The smallest absolute Gasteiger partial charge is 0.159 e. The first-order valence-electron chi connectivity index (χ1n) is 11.1. The van der Waals surface area contributed by atoms with E-state index in [1.54, 1.807) is 24.3 Å². The molecule has 0 saturated heterocycles. The Morgan fingerprint density at radius 1 is 0.676 bits per heavy atom. The number of carbonyl (C=O) groups excluding carboxylic acids is 4. The number of Topliss-reactive ketones (excluding diaryl/α,β-unsaturated/α-hetero) is 4. The number of hydrogen-bond donors (Lipinski definition) is 1. The predicted octanol–water partition coefficient (Wildman–Crippen LogP) is 6.17. The van der Waals surface area contributed by atoms with Gasteiger partial charge in [-0.2, -0.15) is 0 Å². The minimum Gasteiger partial charge on any atom is -0.356 e. The third-order valence-corrected chi connectivity index (χ3v) is 5.39. The molecule has 0 amide bonds. The van der Waals surface area contributed by atoms with Crippen LogP contribution in [0.3, 0.4) is 0 Å². The zero-order valence-corrected chi connectivity index (χ0v) is 20.3. The van der Waals surface area contributed by atoms with Crippen molar-refractivity contribution in [1.82, 2.24) is 0 Å². The number of hydrogen-bond acceptors (Lipinski definition) is 5. The van der Waals surface area contributed by atoms with Crippen molar-refractivity contribution >= 4 is 34.5 Å². The van der Waals surface area contributed by atoms with E-state index in [0.717, 1.165) is 16.9 Å². The fraction of sp³-hybridized carbons (Fsp3) is 0.241. The second-order valence-electron chi connectivity index (χ2n) is 8.36. The average Bonchev–Trinajstić information content (AvgIpc) is 2.80. The van der Waals surface area contributed by atoms with Crippen molar-refractivity contribution in [2.24, 2.45) is 5.92 Å². The fourth-order valence-electron chi connectivity index (χ4n) is 3.29. The Morgan fingerprint density at radius 3 is 1.53 bits per heavy atom. The van der Waals surface area contributed by atoms with E-state index in [2.05, 4.69) is 24.4 Å². The fourth-order valence-corrected chi connectivity index (χ4v) is 3.29. The second-order valence-corrected chi connectivity index (χ2v) is 8.36. The minimum absolute atomic E-state index is 0.0156. The Kier molecular flexibility index (Phi) is 9.62. The topological polar surface area (TPSA) is 80.3 Å². The van der Waals surface area contributed by atoms with Gasteiger partial charge < -0.3 is 5.32 Å². The molecular formula is C29H31NO4. The molecule has 1 N–H and O–H groups in total. The van der Waals surface area contributed by atoms with Crippen molar-refractivity contribution in [2.45, 2.75) is 41.0 Å². The Morgan fingerprint density at radius 2 is 1.12 bits per heavy atom. The summed E-state index contributed by atoms with van der Waals surface area (Å²) in [6.07, 6.45) is 0.468. The molecular weight excluding hydrogens is 426 g/mol. The van der Waals surface area contributed by atoms with Gasteiger partial charge in [0.15, 0.2) is 11.6 Å². The highest BCUT2D eigenvalue weighted by Gasteiger charge is 2.19. The van der Waals surface area contributed by atoms with Gasteiger partial charge in [0.05, 0.1) is 5.92 Å². The molecule has 0 atom stereocenters. The molecule has 0 saturated carbocycles. The lowest BCUT2D eigenvalue weighted by atomic mass is 9.92. The average molecular weight is 458 g/mol. The lowest BCUT2D eigenvalue weighted by Crippen LogP contribution is -2.21. The number of carbonyl (C=O) groups is 4. The Labute approximate surface area is 201 Å². The van der Waals surface area contributed by atoms with Gasteiger partial charge in [-0.05, 0) is 76.9 Å². The van der Waals surface area contributed by atoms with Crippen molar-refractivity contribution in [3.63, 3.8) is 0 Å². The van der Waals surface area contributed by atoms with Crippen molar-refractivity contribution in [3.05, 3.63) is 95.1 Å². The number of aryl methyl sites for hydroxylation is 1. The van der Waals surface area contributed by atoms with Gasteiger partial charge in [-0.25, -0.2) is 0 Å². The second kappa shape index (κ2) is 12.4. The molecule has 0 aromatic heterocycles. The van der Waals surface area contributed by atoms with Crippen LogP contribution in [0.4, 0.5) is 11.4 Å². The summed E-state index contributed by atoms with van der Waals surface area (Å²) in [6, 6.07) is 22.8. The lowest BCUT2D eigenvalue weighted by molar-refractivity contribution is -0.130. The summed E-state index contributed by atoms with van der Waals surface area (Å²) in [6.45, 7) is 7.97. The molecule has 0 heterocycles. The van der Waals surface area contributed by atoms with Gasteiger partial charge in [0.1, 0.15) is 11.6 Å². The Hall–Kier alpha value is -3.86. The molecule has 5 heteroatoms. The van der Waals surface area contributed by atoms with Gasteiger partial charge in [0.2, 0.25) is 0 Å². The molecule has 3 aromatic carbocycles. The van der Waals surface area contributed by atoms with E-state index in [0.29, 0.717) is 17.5 Å². The molecule has 0 aliphatic heterocycles. The molecule has 0 spiro atoms. The van der Waals surface area contributed by atoms with Crippen LogP contribution in [0.15, 0.2) is 72.8 Å². The summed E-state index contributed by atoms with van der Waals surface area (Å²) in [5.41, 5.74) is 5.40. The van der Waals surface area contributed by atoms with Gasteiger partial charge >= 0.3 is 0 Å². The van der Waals surface area contributed by atoms with Gasteiger partial charge in [0.25, 0.3) is 0 Å². The molecule has 0 radical (unpaired) electrons. The Balaban J connectivity index is 0.000000287. The maximum atomic E-state index is 11.5. The first-order chi connectivity index (χ1) is 16.1. The molecule has 176 valence electrons. The SMILES string of the molecule is CC(=O)C(Cc1ccc(Nc2ccc(C)cc2)cc1)C(C)=O.CC(=O)c1cccc(C(C)=O)c1. The first kappa shape index (κ1) is 26.4. The molecule has 0 aliphatic carbocycles. The maximum absolute atomic E-state index is 11.5. The predicted molar refractivity (Wildman–Crippen MR) is 136 cm³/mol. The summed E-state index contributed by atoms with van der Waals surface area (Å²) in [5, 5.41) is 3.32. The van der Waals surface area contributed by atoms with Crippen LogP contribution in [0, 0.1) is 12.8 Å². The highest BCUT2D eigenvalue weighted by Crippen LogP contribution is 2.19.